The summed E-state index contributed by atoms with van der Waals surface area (Å²) in [5, 5.41) is 2.93. The highest BCUT2D eigenvalue weighted by atomic mass is 16.1. The maximum Gasteiger partial charge on any atom is 0.253 e. The fourth-order valence-corrected chi connectivity index (χ4v) is 1.34. The summed E-state index contributed by atoms with van der Waals surface area (Å²) in [5.41, 5.74) is 6.02. The van der Waals surface area contributed by atoms with Gasteiger partial charge in [0.25, 0.3) is 5.91 Å². The summed E-state index contributed by atoms with van der Waals surface area (Å²) in [6.07, 6.45) is 5.17. The lowest BCUT2D eigenvalue weighted by Crippen LogP contribution is -2.42. The second-order valence-electron chi connectivity index (χ2n) is 3.68. The summed E-state index contributed by atoms with van der Waals surface area (Å²) < 4.78 is 0. The molecule has 1 aliphatic carbocycles. The third-order valence-corrected chi connectivity index (χ3v) is 2.55. The van der Waals surface area contributed by atoms with Gasteiger partial charge >= 0.3 is 0 Å². The first-order chi connectivity index (χ1) is 6.76. The van der Waals surface area contributed by atoms with Gasteiger partial charge < -0.3 is 11.1 Å². The molecule has 0 atom stereocenters. The second kappa shape index (κ2) is 3.38. The first kappa shape index (κ1) is 9.15. The van der Waals surface area contributed by atoms with E-state index in [4.69, 9.17) is 5.73 Å². The molecular formula is C10H13N3O. The standard InChI is InChI=1S/C10H13N3O/c11-7-10(3-4-10)13-9(14)8-2-1-5-12-6-8/h1-2,5-6H,3-4,7,11H2,(H,13,14). The van der Waals surface area contributed by atoms with E-state index < -0.39 is 0 Å². The van der Waals surface area contributed by atoms with Crippen molar-refractivity contribution in [3.8, 4) is 0 Å². The number of carbonyl (C=O) groups is 1. The number of hydrogen-bond acceptors (Lipinski definition) is 3. The summed E-state index contributed by atoms with van der Waals surface area (Å²) in [6.45, 7) is 0.513. The van der Waals surface area contributed by atoms with Crippen LogP contribution in [-0.4, -0.2) is 23.0 Å². The van der Waals surface area contributed by atoms with E-state index in [9.17, 15) is 4.79 Å². The third-order valence-electron chi connectivity index (χ3n) is 2.55. The molecule has 2 rings (SSSR count). The highest BCUT2D eigenvalue weighted by Crippen LogP contribution is 2.34. The van der Waals surface area contributed by atoms with Gasteiger partial charge in [-0.3, -0.25) is 9.78 Å². The number of hydrogen-bond donors (Lipinski definition) is 2. The molecule has 14 heavy (non-hydrogen) atoms. The zero-order chi connectivity index (χ0) is 10.0. The number of nitrogens with one attached hydrogen (secondary N) is 1. The molecule has 1 heterocycles. The van der Waals surface area contributed by atoms with Crippen LogP contribution in [0.3, 0.4) is 0 Å². The van der Waals surface area contributed by atoms with E-state index in [1.807, 2.05) is 0 Å². The van der Waals surface area contributed by atoms with Crippen molar-refractivity contribution in [3.05, 3.63) is 30.1 Å². The van der Waals surface area contributed by atoms with Crippen LogP contribution in [0.2, 0.25) is 0 Å². The SMILES string of the molecule is NCC1(NC(=O)c2cccnc2)CC1. The van der Waals surface area contributed by atoms with E-state index in [1.54, 1.807) is 24.5 Å². The quantitative estimate of drug-likeness (QED) is 0.722. The number of rotatable bonds is 3. The van der Waals surface area contributed by atoms with E-state index in [1.165, 1.54) is 0 Å². The van der Waals surface area contributed by atoms with Crippen molar-refractivity contribution in [3.63, 3.8) is 0 Å². The monoisotopic (exact) mass is 191 g/mol. The summed E-state index contributed by atoms with van der Waals surface area (Å²) in [6, 6.07) is 3.49. The van der Waals surface area contributed by atoms with E-state index in [0.29, 0.717) is 12.1 Å². The number of nitrogens with two attached hydrogens (primary N) is 1. The van der Waals surface area contributed by atoms with E-state index in [2.05, 4.69) is 10.3 Å². The Kier molecular flexibility index (Phi) is 2.21. The topological polar surface area (TPSA) is 68.0 Å². The molecule has 1 fully saturated rings. The molecule has 1 aromatic heterocycles. The molecule has 4 heteroatoms. The Bertz CT molecular complexity index is 332. The third kappa shape index (κ3) is 1.75. The van der Waals surface area contributed by atoms with Gasteiger partial charge in [0.15, 0.2) is 0 Å². The van der Waals surface area contributed by atoms with Crippen molar-refractivity contribution in [2.75, 3.05) is 6.54 Å². The number of pyridine rings is 1. The minimum absolute atomic E-state index is 0.0824. The Balaban J connectivity index is 2.03. The lowest BCUT2D eigenvalue weighted by Gasteiger charge is -2.14. The molecular weight excluding hydrogens is 178 g/mol. The van der Waals surface area contributed by atoms with Crippen LogP contribution in [0.4, 0.5) is 0 Å². The second-order valence-corrected chi connectivity index (χ2v) is 3.68. The predicted octanol–water partition coefficient (Wildman–Crippen LogP) is 0.303. The minimum Gasteiger partial charge on any atom is -0.345 e. The van der Waals surface area contributed by atoms with Gasteiger partial charge in [0, 0.05) is 18.9 Å². The average Bonchev–Trinajstić information content (AvgIpc) is 3.00. The number of aromatic nitrogens is 1. The van der Waals surface area contributed by atoms with Crippen molar-refractivity contribution >= 4 is 5.91 Å². The lowest BCUT2D eigenvalue weighted by atomic mass is 10.2. The normalized spacial score (nSPS) is 17.5. The summed E-state index contributed by atoms with van der Waals surface area (Å²) >= 11 is 0. The molecule has 1 saturated carbocycles. The fraction of sp³-hybridized carbons (Fsp3) is 0.400. The maximum absolute atomic E-state index is 11.7. The highest BCUT2D eigenvalue weighted by Gasteiger charge is 2.42. The van der Waals surface area contributed by atoms with Crippen LogP contribution in [0.25, 0.3) is 0 Å². The molecule has 1 aromatic rings. The Morgan fingerprint density at radius 1 is 1.64 bits per heavy atom. The first-order valence-corrected chi connectivity index (χ1v) is 4.68. The van der Waals surface area contributed by atoms with Crippen LogP contribution in [0.1, 0.15) is 23.2 Å². The van der Waals surface area contributed by atoms with Gasteiger partial charge in [-0.15, -0.1) is 0 Å². The van der Waals surface area contributed by atoms with Crippen molar-refractivity contribution in [2.24, 2.45) is 5.73 Å². The van der Waals surface area contributed by atoms with Gasteiger partial charge in [0.2, 0.25) is 0 Å². The van der Waals surface area contributed by atoms with Crippen LogP contribution in [0.5, 0.6) is 0 Å². The molecule has 1 amide bonds. The molecule has 0 aliphatic heterocycles. The maximum atomic E-state index is 11.7. The molecule has 4 nitrogen and oxygen atoms in total. The van der Waals surface area contributed by atoms with Crippen molar-refractivity contribution in [2.45, 2.75) is 18.4 Å². The van der Waals surface area contributed by atoms with E-state index in [0.717, 1.165) is 12.8 Å². The Morgan fingerprint density at radius 3 is 2.93 bits per heavy atom. The smallest absolute Gasteiger partial charge is 0.253 e. The molecule has 74 valence electrons. The highest BCUT2D eigenvalue weighted by molar-refractivity contribution is 5.94. The van der Waals surface area contributed by atoms with Gasteiger partial charge in [0.05, 0.1) is 11.1 Å². The van der Waals surface area contributed by atoms with Crippen LogP contribution in [0, 0.1) is 0 Å². The number of nitrogens with zero attached hydrogens (tertiary/aromatic N) is 1. The average molecular weight is 191 g/mol. The van der Waals surface area contributed by atoms with Crippen LogP contribution in [0.15, 0.2) is 24.5 Å². The number of carbonyl (C=O) groups excluding carboxylic acids is 1. The van der Waals surface area contributed by atoms with Gasteiger partial charge in [-0.2, -0.15) is 0 Å². The van der Waals surface area contributed by atoms with Crippen molar-refractivity contribution < 1.29 is 4.79 Å². The molecule has 0 radical (unpaired) electrons. The molecule has 0 unspecified atom stereocenters. The predicted molar refractivity (Wildman–Crippen MR) is 52.7 cm³/mol. The Morgan fingerprint density at radius 2 is 2.43 bits per heavy atom. The lowest BCUT2D eigenvalue weighted by molar-refractivity contribution is 0.0932. The number of amides is 1. The van der Waals surface area contributed by atoms with Gasteiger partial charge in [-0.05, 0) is 25.0 Å². The van der Waals surface area contributed by atoms with Crippen molar-refractivity contribution in [1.82, 2.24) is 10.3 Å². The molecule has 0 aromatic carbocycles. The zero-order valence-electron chi connectivity index (χ0n) is 7.86. The first-order valence-electron chi connectivity index (χ1n) is 4.68. The minimum atomic E-state index is -0.132. The zero-order valence-corrected chi connectivity index (χ0v) is 7.86. The van der Waals surface area contributed by atoms with Gasteiger partial charge in [0.1, 0.15) is 0 Å². The fourth-order valence-electron chi connectivity index (χ4n) is 1.34. The summed E-state index contributed by atoms with van der Waals surface area (Å²) in [5.74, 6) is -0.0824. The van der Waals surface area contributed by atoms with E-state index >= 15 is 0 Å². The van der Waals surface area contributed by atoms with E-state index in [-0.39, 0.29) is 11.4 Å². The van der Waals surface area contributed by atoms with Gasteiger partial charge in [-0.25, -0.2) is 0 Å². The summed E-state index contributed by atoms with van der Waals surface area (Å²) in [7, 11) is 0. The molecule has 3 N–H and O–H groups in total. The van der Waals surface area contributed by atoms with Crippen LogP contribution in [-0.2, 0) is 0 Å². The van der Waals surface area contributed by atoms with Crippen LogP contribution < -0.4 is 11.1 Å². The van der Waals surface area contributed by atoms with Crippen molar-refractivity contribution in [1.29, 1.82) is 0 Å². The summed E-state index contributed by atoms with van der Waals surface area (Å²) in [4.78, 5) is 15.5. The molecule has 0 spiro atoms. The Hall–Kier alpha value is -1.42. The Labute approximate surface area is 82.5 Å². The van der Waals surface area contributed by atoms with Crippen LogP contribution >= 0.6 is 0 Å². The molecule has 0 bridgehead atoms. The molecule has 1 aliphatic rings. The largest absolute Gasteiger partial charge is 0.345 e. The molecule has 0 saturated heterocycles. The van der Waals surface area contributed by atoms with Gasteiger partial charge in [-0.1, -0.05) is 0 Å².